The molecule has 286 valence electrons. The van der Waals surface area contributed by atoms with E-state index in [-0.39, 0.29) is 34.2 Å². The van der Waals surface area contributed by atoms with Gasteiger partial charge in [-0.05, 0) is 68.5 Å². The van der Waals surface area contributed by atoms with E-state index in [1.54, 1.807) is 25.2 Å². The van der Waals surface area contributed by atoms with Crippen LogP contribution in [0, 0.1) is 28.9 Å². The largest absolute Gasteiger partial charge is 0.593 e. The maximum atomic E-state index is 14.8. The van der Waals surface area contributed by atoms with E-state index < -0.39 is 89.3 Å². The van der Waals surface area contributed by atoms with Crippen molar-refractivity contribution in [1.82, 2.24) is 25.4 Å². The summed E-state index contributed by atoms with van der Waals surface area (Å²) < 4.78 is 101. The highest BCUT2D eigenvalue weighted by Gasteiger charge is 2.44. The van der Waals surface area contributed by atoms with Gasteiger partial charge in [0.2, 0.25) is 11.7 Å². The van der Waals surface area contributed by atoms with Crippen LogP contribution in [0.1, 0.15) is 49.7 Å². The average molecular weight is 794 g/mol. The van der Waals surface area contributed by atoms with Crippen LogP contribution in [0.4, 0.5) is 32.2 Å². The summed E-state index contributed by atoms with van der Waals surface area (Å²) in [5, 5.41) is 27.9. The second-order valence-corrected chi connectivity index (χ2v) is 14.5. The van der Waals surface area contributed by atoms with Crippen molar-refractivity contribution in [3.05, 3.63) is 87.3 Å². The van der Waals surface area contributed by atoms with E-state index in [4.69, 9.17) is 22.0 Å². The monoisotopic (exact) mass is 793 g/mol. The molecule has 2 unspecified atom stereocenters. The van der Waals surface area contributed by atoms with Gasteiger partial charge in [-0.1, -0.05) is 23.6 Å². The van der Waals surface area contributed by atoms with Gasteiger partial charge >= 0.3 is 0 Å². The molecular formula is C36H34ClF6N7O3S. The second kappa shape index (κ2) is 15.9. The molecule has 1 aliphatic carbocycles. The van der Waals surface area contributed by atoms with Crippen molar-refractivity contribution in [1.29, 1.82) is 5.41 Å². The number of nitrogens with zero attached hydrogens (tertiary/aromatic N) is 3. The molecule has 0 saturated heterocycles. The summed E-state index contributed by atoms with van der Waals surface area (Å²) in [4.78, 5) is 18.3. The fourth-order valence-corrected chi connectivity index (χ4v) is 6.70. The van der Waals surface area contributed by atoms with Gasteiger partial charge in [0.05, 0.1) is 51.3 Å². The summed E-state index contributed by atoms with van der Waals surface area (Å²) in [6.45, 7) is 2.04. The third kappa shape index (κ3) is 9.30. The van der Waals surface area contributed by atoms with Gasteiger partial charge in [0, 0.05) is 36.2 Å². The molecule has 1 amide bonds. The molecule has 1 aliphatic rings. The van der Waals surface area contributed by atoms with E-state index in [0.29, 0.717) is 28.1 Å². The van der Waals surface area contributed by atoms with E-state index in [2.05, 4.69) is 32.3 Å². The first-order valence-electron chi connectivity index (χ1n) is 16.2. The maximum absolute atomic E-state index is 14.8. The third-order valence-corrected chi connectivity index (χ3v) is 9.04. The van der Waals surface area contributed by atoms with Crippen molar-refractivity contribution in [3.8, 4) is 23.0 Å². The third-order valence-electron chi connectivity index (χ3n) is 8.24. The van der Waals surface area contributed by atoms with Gasteiger partial charge in [-0.15, -0.1) is 0 Å². The Morgan fingerprint density at radius 2 is 1.83 bits per heavy atom. The number of alkyl halides is 4. The number of nitrogens with one attached hydrogen (secondary N) is 4. The van der Waals surface area contributed by atoms with E-state index >= 15 is 0 Å². The fourth-order valence-electron chi connectivity index (χ4n) is 6.04. The number of fused-ring (bicyclic) bond motifs is 1. The number of hydrogen-bond donors (Lipinski definition) is 5. The number of aromatic nitrogens is 3. The zero-order chi connectivity index (χ0) is 39.7. The van der Waals surface area contributed by atoms with Gasteiger partial charge in [0.25, 0.3) is 12.3 Å². The van der Waals surface area contributed by atoms with Crippen molar-refractivity contribution in [3.63, 3.8) is 0 Å². The topological polar surface area (TPSA) is 151 Å². The van der Waals surface area contributed by atoms with E-state index in [1.807, 2.05) is 0 Å². The highest BCUT2D eigenvalue weighted by molar-refractivity contribution is 7.92. The van der Waals surface area contributed by atoms with E-state index in [9.17, 15) is 40.8 Å². The van der Waals surface area contributed by atoms with Crippen LogP contribution in [0.15, 0.2) is 53.7 Å². The molecule has 0 radical (unpaired) electrons. The first kappa shape index (κ1) is 40.4. The lowest BCUT2D eigenvalue weighted by molar-refractivity contribution is -0.121. The lowest BCUT2D eigenvalue weighted by Gasteiger charge is -2.23. The normalized spacial score (nSPS) is 15.2. The van der Waals surface area contributed by atoms with E-state index in [0.717, 1.165) is 12.1 Å². The van der Waals surface area contributed by atoms with Gasteiger partial charge in [-0.2, -0.15) is 18.6 Å². The lowest BCUT2D eigenvalue weighted by Crippen LogP contribution is -2.40. The first-order chi connectivity index (χ1) is 25.2. The predicted molar refractivity (Wildman–Crippen MR) is 194 cm³/mol. The molecule has 0 fully saturated rings. The van der Waals surface area contributed by atoms with Crippen molar-refractivity contribution < 1.29 is 40.8 Å². The molecule has 4 aromatic rings. The van der Waals surface area contributed by atoms with Crippen LogP contribution < -0.4 is 15.4 Å². The van der Waals surface area contributed by atoms with Crippen LogP contribution >= 0.6 is 11.6 Å². The van der Waals surface area contributed by atoms with Gasteiger partial charge < -0.3 is 20.3 Å². The minimum Gasteiger partial charge on any atom is -0.593 e. The Bertz CT molecular complexity index is 2190. The molecule has 54 heavy (non-hydrogen) atoms. The van der Waals surface area contributed by atoms with Crippen LogP contribution in [0.3, 0.4) is 0 Å². The molecule has 0 bridgehead atoms. The molecule has 5 rings (SSSR count). The Morgan fingerprint density at radius 3 is 2.46 bits per heavy atom. The molecule has 18 heteroatoms. The Hall–Kier alpha value is -4.76. The molecule has 10 nitrogen and oxygen atoms in total. The number of halogens is 7. The fraction of sp³-hybridized carbons (Fsp3) is 0.333. The highest BCUT2D eigenvalue weighted by Crippen LogP contribution is 2.41. The first-order valence-corrected chi connectivity index (χ1v) is 18.2. The molecule has 0 aliphatic heterocycles. The molecule has 2 aromatic heterocycles. The zero-order valence-corrected chi connectivity index (χ0v) is 30.8. The number of aliphatic hydroxyl groups is 1. The standard InChI is InChI=1S/C36H34ClF6N7O3S/c1-35(2,52)11-9-21-5-6-22(23-7-8-25(37)28-31(23)50(3)48-34(28)49-54(4)53)30(46-21)26(15-18-13-19(38)16-20(39)14-18)47-27(51)17-45-32-24(29(44)33(40)41)10-12-36(32,42)43/h5-8,13-14,16,26,33,44-45,52H,10,12,15,17H2,1-4H3,(H,47,51)(H,48,49). The predicted octanol–water partition coefficient (Wildman–Crippen LogP) is 6.35. The number of carbonyl (C=O) groups is 1. The number of rotatable bonds is 12. The summed E-state index contributed by atoms with van der Waals surface area (Å²) >= 11 is 5.06. The van der Waals surface area contributed by atoms with Crippen molar-refractivity contribution in [2.75, 3.05) is 17.5 Å². The van der Waals surface area contributed by atoms with Crippen LogP contribution in [0.2, 0.25) is 5.02 Å². The smallest absolute Gasteiger partial charge is 0.287 e. The van der Waals surface area contributed by atoms with Crippen molar-refractivity contribution >= 4 is 51.3 Å². The molecule has 0 saturated carbocycles. The molecule has 2 heterocycles. The summed E-state index contributed by atoms with van der Waals surface area (Å²) in [5.41, 5.74) is -2.80. The number of carbonyl (C=O) groups excluding carboxylic acids is 1. The average Bonchev–Trinajstić information content (AvgIpc) is 3.55. The van der Waals surface area contributed by atoms with Crippen LogP contribution in [0.5, 0.6) is 0 Å². The van der Waals surface area contributed by atoms with Gasteiger partial charge in [-0.25, -0.2) is 22.5 Å². The number of allylic oxidation sites excluding steroid dienone is 2. The Labute approximate surface area is 314 Å². The number of anilines is 1. The number of benzene rings is 2. The molecular weight excluding hydrogens is 760 g/mol. The SMILES string of the molecule is Cn1nc(N[S+](C)[O-])c2c(Cl)ccc(-c3ccc(C#CC(C)(C)O)nc3C(Cc3cc(F)cc(F)c3)NC(=O)CNC3=C(C(=N)C(F)F)CCC3(F)F)c21. The number of amides is 1. The van der Waals surface area contributed by atoms with Gasteiger partial charge in [0.15, 0.2) is 0 Å². The Kier molecular flexibility index (Phi) is 11.9. The minimum absolute atomic E-state index is 0.0721. The Balaban J connectivity index is 1.66. The quantitative estimate of drug-likeness (QED) is 0.0486. The minimum atomic E-state index is -3.61. The summed E-state index contributed by atoms with van der Waals surface area (Å²) in [5.74, 6) is -0.767. The Morgan fingerprint density at radius 1 is 1.17 bits per heavy atom. The second-order valence-electron chi connectivity index (χ2n) is 13.0. The lowest BCUT2D eigenvalue weighted by atomic mass is 9.93. The molecule has 2 atom stereocenters. The summed E-state index contributed by atoms with van der Waals surface area (Å²) in [6.07, 6.45) is -3.56. The summed E-state index contributed by atoms with van der Waals surface area (Å²) in [7, 11) is 1.61. The number of aryl methyl sites for hydroxylation is 1. The van der Waals surface area contributed by atoms with Crippen LogP contribution in [-0.4, -0.2) is 66.8 Å². The van der Waals surface area contributed by atoms with Gasteiger partial charge in [-0.3, -0.25) is 14.9 Å². The highest BCUT2D eigenvalue weighted by atomic mass is 35.5. The molecule has 0 spiro atoms. The van der Waals surface area contributed by atoms with E-state index in [1.165, 1.54) is 30.9 Å². The zero-order valence-electron chi connectivity index (χ0n) is 29.2. The van der Waals surface area contributed by atoms with Gasteiger partial charge in [0.1, 0.15) is 34.9 Å². The number of pyridine rings is 1. The number of hydrogen-bond acceptors (Lipinski definition) is 8. The van der Waals surface area contributed by atoms with Crippen LogP contribution in [-0.2, 0) is 29.6 Å². The summed E-state index contributed by atoms with van der Waals surface area (Å²) in [6, 6.07) is 7.80. The van der Waals surface area contributed by atoms with Crippen molar-refractivity contribution in [2.45, 2.75) is 57.1 Å². The van der Waals surface area contributed by atoms with Crippen LogP contribution in [0.25, 0.3) is 22.0 Å². The molecule has 5 N–H and O–H groups in total. The maximum Gasteiger partial charge on any atom is 0.287 e. The molecule has 2 aromatic carbocycles. The van der Waals surface area contributed by atoms with Crippen molar-refractivity contribution in [2.24, 2.45) is 7.05 Å².